The Morgan fingerprint density at radius 1 is 1.32 bits per heavy atom. The van der Waals surface area contributed by atoms with Gasteiger partial charge in [-0.3, -0.25) is 14.5 Å². The van der Waals surface area contributed by atoms with Gasteiger partial charge >= 0.3 is 0 Å². The third kappa shape index (κ3) is 2.54. The van der Waals surface area contributed by atoms with Crippen molar-refractivity contribution < 1.29 is 8.42 Å². The van der Waals surface area contributed by atoms with E-state index < -0.39 is 10.0 Å². The van der Waals surface area contributed by atoms with Gasteiger partial charge in [0.05, 0.1) is 22.8 Å². The topological polar surface area (TPSA) is 106 Å². The maximum atomic E-state index is 12.5. The van der Waals surface area contributed by atoms with E-state index in [1.54, 1.807) is 29.2 Å². The summed E-state index contributed by atoms with van der Waals surface area (Å²) in [7, 11) is -3.79. The molecule has 3 rings (SSSR count). The Labute approximate surface area is 127 Å². The van der Waals surface area contributed by atoms with Crippen molar-refractivity contribution in [2.75, 3.05) is 4.72 Å². The molecule has 0 aliphatic carbocycles. The number of H-pyrrole nitrogens is 1. The van der Waals surface area contributed by atoms with Crippen molar-refractivity contribution in [2.24, 2.45) is 0 Å². The number of aromatic nitrogens is 5. The van der Waals surface area contributed by atoms with Gasteiger partial charge in [0.1, 0.15) is 0 Å². The van der Waals surface area contributed by atoms with Gasteiger partial charge in [-0.05, 0) is 32.9 Å². The second kappa shape index (κ2) is 4.80. The van der Waals surface area contributed by atoms with Crippen LogP contribution in [0.5, 0.6) is 0 Å². The van der Waals surface area contributed by atoms with Crippen LogP contribution < -0.4 is 4.72 Å². The van der Waals surface area contributed by atoms with Gasteiger partial charge in [-0.2, -0.15) is 18.6 Å². The summed E-state index contributed by atoms with van der Waals surface area (Å²) in [5.74, 6) is 0. The van der Waals surface area contributed by atoms with Gasteiger partial charge in [-0.15, -0.1) is 0 Å². The Hall–Kier alpha value is -2.42. The molecule has 3 aromatic rings. The molecule has 0 saturated carbocycles. The molecule has 0 aliphatic rings. The van der Waals surface area contributed by atoms with Gasteiger partial charge in [0.15, 0.2) is 10.7 Å². The molecule has 0 aliphatic heterocycles. The zero-order valence-electron chi connectivity index (χ0n) is 12.4. The minimum atomic E-state index is -3.79. The standard InChI is InChI=1S/C13H16N6O2S/c1-13(2,3)19-8-9(7-15-19)18-22(20,21)12-10-5-4-6-14-11(10)16-17-12/h4-8,18H,1-3H3,(H,14,16,17). The molecular formula is C13H16N6O2S. The van der Waals surface area contributed by atoms with Crippen LogP contribution in [0.1, 0.15) is 20.8 Å². The molecule has 9 heteroatoms. The molecule has 0 amide bonds. The fraction of sp³-hybridized carbons (Fsp3) is 0.308. The Bertz CT molecular complexity index is 919. The summed E-state index contributed by atoms with van der Waals surface area (Å²) in [4.78, 5) is 4.01. The van der Waals surface area contributed by atoms with E-state index in [2.05, 4.69) is 25.0 Å². The fourth-order valence-corrected chi connectivity index (χ4v) is 3.11. The molecule has 116 valence electrons. The van der Waals surface area contributed by atoms with Crippen LogP contribution in [0, 0.1) is 0 Å². The molecule has 0 bridgehead atoms. The maximum absolute atomic E-state index is 12.5. The fourth-order valence-electron chi connectivity index (χ4n) is 1.98. The Kier molecular flexibility index (Phi) is 3.17. The predicted molar refractivity (Wildman–Crippen MR) is 81.9 cm³/mol. The minimum absolute atomic E-state index is 0.0147. The van der Waals surface area contributed by atoms with E-state index in [1.807, 2.05) is 20.8 Å². The number of hydrogen-bond donors (Lipinski definition) is 2. The number of aromatic amines is 1. The molecule has 0 radical (unpaired) electrons. The van der Waals surface area contributed by atoms with Crippen molar-refractivity contribution in [1.82, 2.24) is 25.0 Å². The quantitative estimate of drug-likeness (QED) is 0.764. The lowest BCUT2D eigenvalue weighted by molar-refractivity contribution is 0.355. The lowest BCUT2D eigenvalue weighted by Crippen LogP contribution is -2.22. The van der Waals surface area contributed by atoms with Crippen molar-refractivity contribution in [3.63, 3.8) is 0 Å². The summed E-state index contributed by atoms with van der Waals surface area (Å²) in [5, 5.41) is 11.0. The Balaban J connectivity index is 1.96. The second-order valence-electron chi connectivity index (χ2n) is 5.88. The van der Waals surface area contributed by atoms with E-state index in [9.17, 15) is 8.42 Å². The first kappa shape index (κ1) is 14.5. The van der Waals surface area contributed by atoms with Gasteiger partial charge in [0, 0.05) is 12.4 Å². The SMILES string of the molecule is CC(C)(C)n1cc(NS(=O)(=O)c2[nH]nc3ncccc23)cn1. The van der Waals surface area contributed by atoms with Crippen LogP contribution in [-0.2, 0) is 15.6 Å². The van der Waals surface area contributed by atoms with Gasteiger partial charge in [-0.1, -0.05) is 0 Å². The lowest BCUT2D eigenvalue weighted by Gasteiger charge is -2.18. The highest BCUT2D eigenvalue weighted by atomic mass is 32.2. The highest BCUT2D eigenvalue weighted by Crippen LogP contribution is 2.22. The molecule has 22 heavy (non-hydrogen) atoms. The summed E-state index contributed by atoms with van der Waals surface area (Å²) in [5.41, 5.74) is 0.517. The average molecular weight is 320 g/mol. The van der Waals surface area contributed by atoms with E-state index >= 15 is 0 Å². The summed E-state index contributed by atoms with van der Waals surface area (Å²) < 4.78 is 29.2. The van der Waals surface area contributed by atoms with Crippen molar-refractivity contribution in [2.45, 2.75) is 31.3 Å². The molecule has 3 heterocycles. The maximum Gasteiger partial charge on any atom is 0.279 e. The van der Waals surface area contributed by atoms with Crippen molar-refractivity contribution in [3.8, 4) is 0 Å². The van der Waals surface area contributed by atoms with E-state index in [1.165, 1.54) is 6.20 Å². The van der Waals surface area contributed by atoms with Crippen LogP contribution in [0.25, 0.3) is 11.0 Å². The molecule has 2 N–H and O–H groups in total. The average Bonchev–Trinajstić information content (AvgIpc) is 3.03. The normalized spacial score (nSPS) is 12.7. The number of rotatable bonds is 3. The predicted octanol–water partition coefficient (Wildman–Crippen LogP) is 1.71. The highest BCUT2D eigenvalue weighted by molar-refractivity contribution is 7.92. The summed E-state index contributed by atoms with van der Waals surface area (Å²) in [6.07, 6.45) is 4.67. The van der Waals surface area contributed by atoms with Crippen LogP contribution in [-0.4, -0.2) is 33.4 Å². The number of anilines is 1. The summed E-state index contributed by atoms with van der Waals surface area (Å²) in [6.45, 7) is 5.94. The number of nitrogens with one attached hydrogen (secondary N) is 2. The molecule has 8 nitrogen and oxygen atoms in total. The lowest BCUT2D eigenvalue weighted by atomic mass is 10.1. The van der Waals surface area contributed by atoms with Crippen LogP contribution in [0.4, 0.5) is 5.69 Å². The zero-order valence-corrected chi connectivity index (χ0v) is 13.2. The van der Waals surface area contributed by atoms with Crippen LogP contribution in [0.15, 0.2) is 35.7 Å². The minimum Gasteiger partial charge on any atom is -0.275 e. The molecule has 0 spiro atoms. The molecule has 0 saturated heterocycles. The van der Waals surface area contributed by atoms with Gasteiger partial charge in [0.25, 0.3) is 10.0 Å². The Morgan fingerprint density at radius 2 is 2.09 bits per heavy atom. The molecule has 0 unspecified atom stereocenters. The molecule has 3 aromatic heterocycles. The van der Waals surface area contributed by atoms with Crippen LogP contribution in [0.3, 0.4) is 0 Å². The third-order valence-corrected chi connectivity index (χ3v) is 4.44. The van der Waals surface area contributed by atoms with E-state index in [0.717, 1.165) is 0 Å². The first-order chi connectivity index (χ1) is 10.3. The van der Waals surface area contributed by atoms with E-state index in [0.29, 0.717) is 16.7 Å². The molecule has 0 aromatic carbocycles. The monoisotopic (exact) mass is 320 g/mol. The largest absolute Gasteiger partial charge is 0.279 e. The molecular weight excluding hydrogens is 304 g/mol. The number of pyridine rings is 1. The number of nitrogens with zero attached hydrogens (tertiary/aromatic N) is 4. The first-order valence-electron chi connectivity index (χ1n) is 6.64. The highest BCUT2D eigenvalue weighted by Gasteiger charge is 2.22. The van der Waals surface area contributed by atoms with Crippen molar-refractivity contribution >= 4 is 26.7 Å². The molecule has 0 atom stereocenters. The van der Waals surface area contributed by atoms with Crippen molar-refractivity contribution in [3.05, 3.63) is 30.7 Å². The zero-order chi connectivity index (χ0) is 16.0. The van der Waals surface area contributed by atoms with E-state index in [4.69, 9.17) is 0 Å². The van der Waals surface area contributed by atoms with Crippen LogP contribution in [0.2, 0.25) is 0 Å². The Morgan fingerprint density at radius 3 is 2.77 bits per heavy atom. The van der Waals surface area contributed by atoms with Gasteiger partial charge in [0.2, 0.25) is 0 Å². The van der Waals surface area contributed by atoms with Gasteiger partial charge in [-0.25, -0.2) is 4.98 Å². The third-order valence-electron chi connectivity index (χ3n) is 3.09. The first-order valence-corrected chi connectivity index (χ1v) is 8.13. The summed E-state index contributed by atoms with van der Waals surface area (Å²) >= 11 is 0. The second-order valence-corrected chi connectivity index (χ2v) is 7.50. The summed E-state index contributed by atoms with van der Waals surface area (Å²) in [6, 6.07) is 3.31. The smallest absolute Gasteiger partial charge is 0.275 e. The van der Waals surface area contributed by atoms with Crippen molar-refractivity contribution in [1.29, 1.82) is 0 Å². The molecule has 0 fully saturated rings. The number of sulfonamides is 1. The van der Waals surface area contributed by atoms with E-state index in [-0.39, 0.29) is 10.6 Å². The number of fused-ring (bicyclic) bond motifs is 1. The van der Waals surface area contributed by atoms with Crippen LogP contribution >= 0.6 is 0 Å². The van der Waals surface area contributed by atoms with Gasteiger partial charge < -0.3 is 0 Å². The number of hydrogen-bond acceptors (Lipinski definition) is 5.